The number of carbonyl (C=O) groups is 1. The smallest absolute Gasteiger partial charge is 0.251 e. The number of nitrogens with one attached hydrogen (secondary N) is 1. The highest BCUT2D eigenvalue weighted by molar-refractivity contribution is 5.98. The van der Waals surface area contributed by atoms with Crippen LogP contribution < -0.4 is 15.0 Å². The summed E-state index contributed by atoms with van der Waals surface area (Å²) in [5.74, 6) is 2.22. The number of rotatable bonds is 4. The number of anilines is 1. The number of nitrogens with zero attached hydrogens (tertiary/aromatic N) is 4. The van der Waals surface area contributed by atoms with Gasteiger partial charge in [0.25, 0.3) is 5.91 Å². The molecule has 4 heterocycles. The zero-order valence-corrected chi connectivity index (χ0v) is 21.3. The van der Waals surface area contributed by atoms with Gasteiger partial charge in [-0.05, 0) is 49.7 Å². The summed E-state index contributed by atoms with van der Waals surface area (Å²) >= 11 is 0. The average molecular weight is 490 g/mol. The van der Waals surface area contributed by atoms with E-state index in [1.54, 1.807) is 6.20 Å². The number of hydrogen-bond acceptors (Lipinski definition) is 6. The Kier molecular flexibility index (Phi) is 7.96. The Morgan fingerprint density at radius 3 is 2.69 bits per heavy atom. The zero-order valence-electron chi connectivity index (χ0n) is 21.3. The monoisotopic (exact) mass is 489 g/mol. The van der Waals surface area contributed by atoms with Crippen molar-refractivity contribution in [3.05, 3.63) is 59.9 Å². The van der Waals surface area contributed by atoms with E-state index in [0.717, 1.165) is 86.6 Å². The van der Waals surface area contributed by atoms with Crippen molar-refractivity contribution in [3.63, 3.8) is 0 Å². The van der Waals surface area contributed by atoms with E-state index in [9.17, 15) is 4.79 Å². The minimum Gasteiger partial charge on any atom is -0.493 e. The summed E-state index contributed by atoms with van der Waals surface area (Å²) in [6, 6.07) is 11.9. The van der Waals surface area contributed by atoms with Crippen molar-refractivity contribution in [1.82, 2.24) is 20.2 Å². The molecule has 36 heavy (non-hydrogen) atoms. The van der Waals surface area contributed by atoms with Crippen LogP contribution in [0.25, 0.3) is 10.9 Å². The predicted molar refractivity (Wildman–Crippen MR) is 146 cm³/mol. The maximum atomic E-state index is 12.2. The van der Waals surface area contributed by atoms with E-state index in [0.29, 0.717) is 6.04 Å². The van der Waals surface area contributed by atoms with Crippen LogP contribution in [0.1, 0.15) is 56.4 Å². The first-order valence-electron chi connectivity index (χ1n) is 13.4. The fraction of sp³-hybridized carbons (Fsp3) is 0.483. The molecule has 2 aliphatic heterocycles. The molecule has 1 N–H and O–H groups in total. The molecule has 1 aromatic carbocycles. The average Bonchev–Trinajstić information content (AvgIpc) is 3.43. The van der Waals surface area contributed by atoms with E-state index in [1.807, 2.05) is 42.6 Å². The van der Waals surface area contributed by atoms with Crippen LogP contribution in [0, 0.1) is 0 Å². The largest absolute Gasteiger partial charge is 0.493 e. The third-order valence-corrected chi connectivity index (χ3v) is 7.52. The number of ether oxygens (including phenoxy) is 1. The Morgan fingerprint density at radius 1 is 1.06 bits per heavy atom. The van der Waals surface area contributed by atoms with Crippen LogP contribution in [0.3, 0.4) is 0 Å². The number of hydrogen-bond donors (Lipinski definition) is 1. The number of likely N-dealkylation sites (N-methyl/N-ethyl adjacent to an activating group) is 1. The minimum absolute atomic E-state index is 0. The first-order valence-corrected chi connectivity index (χ1v) is 13.4. The van der Waals surface area contributed by atoms with Crippen molar-refractivity contribution in [2.45, 2.75) is 51.5 Å². The molecule has 1 saturated carbocycles. The van der Waals surface area contributed by atoms with E-state index in [1.165, 1.54) is 24.8 Å². The normalized spacial score (nSPS) is 18.2. The van der Waals surface area contributed by atoms with Gasteiger partial charge in [-0.15, -0.1) is 0 Å². The maximum Gasteiger partial charge on any atom is 0.251 e. The Morgan fingerprint density at radius 2 is 1.89 bits per heavy atom. The Hall–Kier alpha value is -3.19. The van der Waals surface area contributed by atoms with Gasteiger partial charge in [-0.3, -0.25) is 9.78 Å². The molecule has 3 aromatic rings. The second-order valence-corrected chi connectivity index (χ2v) is 9.85. The molecule has 2 fully saturated rings. The van der Waals surface area contributed by atoms with E-state index < -0.39 is 0 Å². The summed E-state index contributed by atoms with van der Waals surface area (Å²) in [6.45, 7) is 8.63. The van der Waals surface area contributed by atoms with Gasteiger partial charge in [-0.1, -0.05) is 32.3 Å². The van der Waals surface area contributed by atoms with Gasteiger partial charge in [0.2, 0.25) is 0 Å². The molecule has 1 aliphatic carbocycles. The molecule has 1 amide bonds. The quantitative estimate of drug-likeness (QED) is 0.573. The number of benzene rings is 1. The van der Waals surface area contributed by atoms with Crippen molar-refractivity contribution in [2.24, 2.45) is 0 Å². The molecule has 6 rings (SSSR count). The standard InChI is InChI=1S/C16H18N2O.C13H19N3O.H2/c19-16(18-14-6-2-1-3-7-14)13-8-9-15-12(11-13)5-4-10-17-15;1-2-15-6-8-16(9-7-15)13-11-4-10-17-12(11)3-5-14-13;/h4-5,8-11,14H,1-3,6-7H2,(H,18,19);3,5H,2,4,6-10H2,1H3;1H. The van der Waals surface area contributed by atoms with Crippen molar-refractivity contribution in [3.8, 4) is 5.75 Å². The van der Waals surface area contributed by atoms with Gasteiger partial charge in [0.15, 0.2) is 0 Å². The predicted octanol–water partition coefficient (Wildman–Crippen LogP) is 4.70. The first-order chi connectivity index (χ1) is 17.7. The van der Waals surface area contributed by atoms with E-state index in [2.05, 4.69) is 32.0 Å². The van der Waals surface area contributed by atoms with Crippen LogP contribution in [-0.4, -0.2) is 66.1 Å². The molecular formula is C29H39N5O2. The van der Waals surface area contributed by atoms with Crippen molar-refractivity contribution in [2.75, 3.05) is 44.2 Å². The van der Waals surface area contributed by atoms with Gasteiger partial charge in [0, 0.05) is 69.0 Å². The highest BCUT2D eigenvalue weighted by Crippen LogP contribution is 2.32. The molecule has 1 saturated heterocycles. The lowest BCUT2D eigenvalue weighted by Gasteiger charge is -2.35. The zero-order chi connectivity index (χ0) is 24.7. The molecule has 7 nitrogen and oxygen atoms in total. The second kappa shape index (κ2) is 11.7. The molecule has 0 spiro atoms. The molecule has 7 heteroatoms. The number of fused-ring (bicyclic) bond motifs is 2. The van der Waals surface area contributed by atoms with Crippen LogP contribution in [0.15, 0.2) is 48.8 Å². The molecule has 192 valence electrons. The molecule has 3 aliphatic rings. The van der Waals surface area contributed by atoms with Crippen LogP contribution in [0.2, 0.25) is 0 Å². The minimum atomic E-state index is 0. The first kappa shape index (κ1) is 24.5. The van der Waals surface area contributed by atoms with Gasteiger partial charge in [0.1, 0.15) is 11.6 Å². The highest BCUT2D eigenvalue weighted by Gasteiger charge is 2.23. The fourth-order valence-corrected chi connectivity index (χ4v) is 5.38. The second-order valence-electron chi connectivity index (χ2n) is 9.85. The third-order valence-electron chi connectivity index (χ3n) is 7.52. The van der Waals surface area contributed by atoms with E-state index in [4.69, 9.17) is 4.74 Å². The van der Waals surface area contributed by atoms with Gasteiger partial charge < -0.3 is 19.9 Å². The van der Waals surface area contributed by atoms with Crippen molar-refractivity contribution >= 4 is 22.6 Å². The van der Waals surface area contributed by atoms with Gasteiger partial charge in [0.05, 0.1) is 12.1 Å². The Balaban J connectivity index is 0.000000169. The number of amides is 1. The highest BCUT2D eigenvalue weighted by atomic mass is 16.5. The number of carbonyl (C=O) groups excluding carboxylic acids is 1. The summed E-state index contributed by atoms with van der Waals surface area (Å²) in [7, 11) is 0. The third kappa shape index (κ3) is 5.78. The van der Waals surface area contributed by atoms with Gasteiger partial charge in [-0.2, -0.15) is 0 Å². The summed E-state index contributed by atoms with van der Waals surface area (Å²) < 4.78 is 5.60. The molecule has 2 aromatic heterocycles. The molecule has 0 unspecified atom stereocenters. The summed E-state index contributed by atoms with van der Waals surface area (Å²) in [4.78, 5) is 25.9. The van der Waals surface area contributed by atoms with Crippen LogP contribution in [0.4, 0.5) is 5.82 Å². The SMILES string of the molecule is CCN1CCN(c2nccc3c2CCO3)CC1.O=C(NC1CCCCC1)c1ccc2ncccc2c1.[HH]. The molecular weight excluding hydrogens is 450 g/mol. The van der Waals surface area contributed by atoms with Gasteiger partial charge >= 0.3 is 0 Å². The summed E-state index contributed by atoms with van der Waals surface area (Å²) in [5, 5.41) is 4.15. The van der Waals surface area contributed by atoms with Crippen LogP contribution in [-0.2, 0) is 6.42 Å². The number of piperazine rings is 1. The summed E-state index contributed by atoms with van der Waals surface area (Å²) in [6.07, 6.45) is 10.6. The topological polar surface area (TPSA) is 70.6 Å². The number of pyridine rings is 2. The van der Waals surface area contributed by atoms with E-state index in [-0.39, 0.29) is 7.33 Å². The molecule has 0 radical (unpaired) electrons. The van der Waals surface area contributed by atoms with Crippen LogP contribution in [0.5, 0.6) is 5.75 Å². The lowest BCUT2D eigenvalue weighted by atomic mass is 9.95. The molecule has 0 bridgehead atoms. The number of aromatic nitrogens is 2. The lowest BCUT2D eigenvalue weighted by molar-refractivity contribution is 0.0928. The fourth-order valence-electron chi connectivity index (χ4n) is 5.38. The summed E-state index contributed by atoms with van der Waals surface area (Å²) in [5.41, 5.74) is 2.96. The molecule has 0 atom stereocenters. The van der Waals surface area contributed by atoms with Crippen molar-refractivity contribution in [1.29, 1.82) is 0 Å². The van der Waals surface area contributed by atoms with Gasteiger partial charge in [-0.25, -0.2) is 4.98 Å². The Bertz CT molecular complexity index is 1180. The Labute approximate surface area is 215 Å². The van der Waals surface area contributed by atoms with Crippen molar-refractivity contribution < 1.29 is 11.0 Å². The van der Waals surface area contributed by atoms with Crippen LogP contribution >= 0.6 is 0 Å². The lowest BCUT2D eigenvalue weighted by Crippen LogP contribution is -2.46. The maximum absolute atomic E-state index is 12.2. The van der Waals surface area contributed by atoms with E-state index >= 15 is 0 Å².